The second kappa shape index (κ2) is 8.41. The number of halogens is 4. The molecule has 7 heteroatoms. The molecule has 0 aliphatic rings. The minimum Gasteiger partial charge on any atom is -0.322 e. The minimum atomic E-state index is -0.218. The first kappa shape index (κ1) is 19.4. The van der Waals surface area contributed by atoms with Crippen LogP contribution in [-0.4, -0.2) is 24.4 Å². The van der Waals surface area contributed by atoms with Gasteiger partial charge < -0.3 is 5.32 Å². The molecule has 0 saturated carbocycles. The van der Waals surface area contributed by atoms with Crippen LogP contribution in [0, 0.1) is 6.92 Å². The van der Waals surface area contributed by atoms with E-state index < -0.39 is 0 Å². The van der Waals surface area contributed by atoms with Crippen molar-refractivity contribution in [2.24, 2.45) is 0 Å². The van der Waals surface area contributed by atoms with E-state index in [-0.39, 0.29) is 12.5 Å². The molecule has 0 saturated heterocycles. The summed E-state index contributed by atoms with van der Waals surface area (Å²) in [5.41, 5.74) is 2.12. The van der Waals surface area contributed by atoms with E-state index in [4.69, 9.17) is 46.4 Å². The third-order valence-corrected chi connectivity index (χ3v) is 5.09. The number of carbonyl (C=O) groups excluding carboxylic acids is 1. The molecule has 0 bridgehead atoms. The molecule has 0 atom stereocenters. The first-order valence-electron chi connectivity index (χ1n) is 7.15. The first-order valence-corrected chi connectivity index (χ1v) is 8.66. The molecule has 128 valence electrons. The van der Waals surface area contributed by atoms with Gasteiger partial charge in [0.1, 0.15) is 0 Å². The Morgan fingerprint density at radius 1 is 1.04 bits per heavy atom. The van der Waals surface area contributed by atoms with Crippen molar-refractivity contribution in [1.82, 2.24) is 4.90 Å². The van der Waals surface area contributed by atoms with Crippen molar-refractivity contribution < 1.29 is 4.79 Å². The number of aryl methyl sites for hydroxylation is 1. The molecule has 0 heterocycles. The lowest BCUT2D eigenvalue weighted by Crippen LogP contribution is -2.30. The van der Waals surface area contributed by atoms with Gasteiger partial charge in [0.05, 0.1) is 32.3 Å². The summed E-state index contributed by atoms with van der Waals surface area (Å²) in [5, 5.41) is 4.59. The van der Waals surface area contributed by atoms with Crippen LogP contribution in [-0.2, 0) is 11.3 Å². The first-order chi connectivity index (χ1) is 11.3. The summed E-state index contributed by atoms with van der Waals surface area (Å²) >= 11 is 24.5. The monoisotopic (exact) mass is 404 g/mol. The second-order valence-electron chi connectivity index (χ2n) is 5.49. The lowest BCUT2D eigenvalue weighted by molar-refractivity contribution is -0.117. The van der Waals surface area contributed by atoms with Crippen LogP contribution in [0.25, 0.3) is 0 Å². The average molecular weight is 406 g/mol. The summed E-state index contributed by atoms with van der Waals surface area (Å²) in [5.74, 6) is -0.218. The Balaban J connectivity index is 2.02. The molecule has 2 rings (SSSR count). The number of nitrogens with one attached hydrogen (secondary N) is 1. The normalized spacial score (nSPS) is 11.0. The zero-order chi connectivity index (χ0) is 17.9. The van der Waals surface area contributed by atoms with Crippen molar-refractivity contribution >= 4 is 58.0 Å². The molecule has 1 N–H and O–H groups in total. The lowest BCUT2D eigenvalue weighted by Gasteiger charge is -2.18. The predicted molar refractivity (Wildman–Crippen MR) is 103 cm³/mol. The number of likely N-dealkylation sites (N-methyl/N-ethyl adjacent to an activating group) is 1. The van der Waals surface area contributed by atoms with Crippen LogP contribution in [0.15, 0.2) is 30.3 Å². The highest BCUT2D eigenvalue weighted by Gasteiger charge is 2.14. The Labute approximate surface area is 161 Å². The van der Waals surface area contributed by atoms with E-state index in [2.05, 4.69) is 5.32 Å². The number of hydrogen-bond acceptors (Lipinski definition) is 2. The topological polar surface area (TPSA) is 32.3 Å². The van der Waals surface area contributed by atoms with Crippen LogP contribution in [0.1, 0.15) is 11.1 Å². The maximum absolute atomic E-state index is 12.3. The highest BCUT2D eigenvalue weighted by molar-refractivity contribution is 6.42. The van der Waals surface area contributed by atoms with E-state index in [0.29, 0.717) is 32.3 Å². The Bertz CT molecular complexity index is 764. The molecule has 1 amide bonds. The summed E-state index contributed by atoms with van der Waals surface area (Å²) in [6, 6.07) is 8.92. The molecular weight excluding hydrogens is 390 g/mol. The molecule has 0 unspecified atom stereocenters. The van der Waals surface area contributed by atoms with Crippen molar-refractivity contribution in [2.45, 2.75) is 13.5 Å². The summed E-state index contributed by atoms with van der Waals surface area (Å²) in [4.78, 5) is 14.1. The van der Waals surface area contributed by atoms with Crippen LogP contribution in [0.3, 0.4) is 0 Å². The SMILES string of the molecule is Cc1ccc(Cl)c(NC(=O)CN(C)Cc2cccc(Cl)c2Cl)c1Cl. The van der Waals surface area contributed by atoms with E-state index in [1.165, 1.54) is 0 Å². The van der Waals surface area contributed by atoms with E-state index in [9.17, 15) is 4.79 Å². The number of carbonyl (C=O) groups is 1. The molecule has 3 nitrogen and oxygen atoms in total. The Morgan fingerprint density at radius 2 is 1.75 bits per heavy atom. The summed E-state index contributed by atoms with van der Waals surface area (Å²) in [6.07, 6.45) is 0. The van der Waals surface area contributed by atoms with Crippen molar-refractivity contribution in [3.8, 4) is 0 Å². The van der Waals surface area contributed by atoms with Gasteiger partial charge in [-0.1, -0.05) is 64.6 Å². The Kier molecular flexibility index (Phi) is 6.79. The van der Waals surface area contributed by atoms with Gasteiger partial charge in [-0.15, -0.1) is 0 Å². The summed E-state index contributed by atoms with van der Waals surface area (Å²) in [7, 11) is 1.82. The smallest absolute Gasteiger partial charge is 0.238 e. The van der Waals surface area contributed by atoms with Crippen molar-refractivity contribution in [2.75, 3.05) is 18.9 Å². The fraction of sp³-hybridized carbons (Fsp3) is 0.235. The lowest BCUT2D eigenvalue weighted by atomic mass is 10.2. The fourth-order valence-corrected chi connectivity index (χ4v) is 3.06. The van der Waals surface area contributed by atoms with Crippen LogP contribution in [0.2, 0.25) is 20.1 Å². The third kappa shape index (κ3) is 4.78. The largest absolute Gasteiger partial charge is 0.322 e. The fourth-order valence-electron chi connectivity index (χ4n) is 2.21. The summed E-state index contributed by atoms with van der Waals surface area (Å²) in [6.45, 7) is 2.49. The van der Waals surface area contributed by atoms with Gasteiger partial charge in [-0.05, 0) is 37.2 Å². The van der Waals surface area contributed by atoms with Gasteiger partial charge in [-0.2, -0.15) is 0 Å². The predicted octanol–water partition coefficient (Wildman–Crippen LogP) is 5.68. The van der Waals surface area contributed by atoms with Crippen LogP contribution in [0.4, 0.5) is 5.69 Å². The van der Waals surface area contributed by atoms with Crippen LogP contribution < -0.4 is 5.32 Å². The van der Waals surface area contributed by atoms with E-state index in [1.54, 1.807) is 18.2 Å². The van der Waals surface area contributed by atoms with Gasteiger partial charge in [0.25, 0.3) is 0 Å². The van der Waals surface area contributed by atoms with Gasteiger partial charge in [-0.25, -0.2) is 0 Å². The zero-order valence-electron chi connectivity index (χ0n) is 13.2. The maximum atomic E-state index is 12.3. The molecule has 2 aromatic carbocycles. The van der Waals surface area contributed by atoms with Gasteiger partial charge in [0.2, 0.25) is 5.91 Å². The van der Waals surface area contributed by atoms with Gasteiger partial charge in [0, 0.05) is 6.54 Å². The quantitative estimate of drug-likeness (QED) is 0.693. The minimum absolute atomic E-state index is 0.156. The van der Waals surface area contributed by atoms with Gasteiger partial charge in [-0.3, -0.25) is 9.69 Å². The van der Waals surface area contributed by atoms with Gasteiger partial charge in [0.15, 0.2) is 0 Å². The molecule has 0 aliphatic carbocycles. The number of rotatable bonds is 5. The standard InChI is InChI=1S/C17H16Cl4N2O/c1-10-6-7-13(19)17(15(10)20)22-14(24)9-23(2)8-11-4-3-5-12(18)16(11)21/h3-7H,8-9H2,1-2H3,(H,22,24). The number of hydrogen-bond donors (Lipinski definition) is 1. The molecule has 0 fully saturated rings. The molecule has 0 aliphatic heterocycles. The Morgan fingerprint density at radius 3 is 2.46 bits per heavy atom. The summed E-state index contributed by atoms with van der Waals surface area (Å²) < 4.78 is 0. The van der Waals surface area contributed by atoms with Crippen molar-refractivity contribution in [3.05, 3.63) is 61.5 Å². The highest BCUT2D eigenvalue weighted by atomic mass is 35.5. The van der Waals surface area contributed by atoms with Gasteiger partial charge >= 0.3 is 0 Å². The second-order valence-corrected chi connectivity index (χ2v) is 7.06. The van der Waals surface area contributed by atoms with E-state index >= 15 is 0 Å². The van der Waals surface area contributed by atoms with Crippen molar-refractivity contribution in [1.29, 1.82) is 0 Å². The number of nitrogens with zero attached hydrogens (tertiary/aromatic N) is 1. The Hall–Kier alpha value is -0.970. The molecule has 0 radical (unpaired) electrons. The molecule has 2 aromatic rings. The zero-order valence-corrected chi connectivity index (χ0v) is 16.2. The van der Waals surface area contributed by atoms with Crippen LogP contribution >= 0.6 is 46.4 Å². The average Bonchev–Trinajstić information content (AvgIpc) is 2.52. The third-order valence-electron chi connectivity index (χ3n) is 3.43. The number of amides is 1. The molecule has 24 heavy (non-hydrogen) atoms. The maximum Gasteiger partial charge on any atom is 0.238 e. The van der Waals surface area contributed by atoms with Crippen molar-refractivity contribution in [3.63, 3.8) is 0 Å². The highest BCUT2D eigenvalue weighted by Crippen LogP contribution is 2.33. The molecule has 0 aromatic heterocycles. The molecule has 0 spiro atoms. The number of benzene rings is 2. The van der Waals surface area contributed by atoms with Crippen LogP contribution in [0.5, 0.6) is 0 Å². The van der Waals surface area contributed by atoms with E-state index in [1.807, 2.05) is 31.0 Å². The number of anilines is 1. The van der Waals surface area contributed by atoms with E-state index in [0.717, 1.165) is 11.1 Å². The molecular formula is C17H16Cl4N2O.